The fourth-order valence-corrected chi connectivity index (χ4v) is 2.33. The SMILES string of the molecule is CCN(C)C(=O)CNC(=O)C1CC(N)CCC1C. The van der Waals surface area contributed by atoms with Crippen molar-refractivity contribution < 1.29 is 9.59 Å². The Morgan fingerprint density at radius 2 is 2.06 bits per heavy atom. The highest BCUT2D eigenvalue weighted by Gasteiger charge is 2.31. The summed E-state index contributed by atoms with van der Waals surface area (Å²) >= 11 is 0. The van der Waals surface area contributed by atoms with Crippen molar-refractivity contribution in [1.82, 2.24) is 10.2 Å². The van der Waals surface area contributed by atoms with Gasteiger partial charge in [0.05, 0.1) is 6.54 Å². The van der Waals surface area contributed by atoms with Crippen LogP contribution in [0.15, 0.2) is 0 Å². The molecule has 3 N–H and O–H groups in total. The lowest BCUT2D eigenvalue weighted by molar-refractivity contribution is -0.134. The molecule has 3 atom stereocenters. The Morgan fingerprint density at radius 3 is 2.67 bits per heavy atom. The first-order chi connectivity index (χ1) is 8.45. The Kier molecular flexibility index (Phi) is 5.59. The van der Waals surface area contributed by atoms with Crippen LogP contribution in [0.5, 0.6) is 0 Å². The van der Waals surface area contributed by atoms with E-state index in [4.69, 9.17) is 5.73 Å². The molecule has 1 aliphatic rings. The van der Waals surface area contributed by atoms with Gasteiger partial charge < -0.3 is 16.0 Å². The maximum atomic E-state index is 12.0. The molecule has 5 heteroatoms. The fraction of sp³-hybridized carbons (Fsp3) is 0.846. The number of hydrogen-bond acceptors (Lipinski definition) is 3. The molecule has 3 unspecified atom stereocenters. The molecule has 2 amide bonds. The molecule has 1 saturated carbocycles. The number of carbonyl (C=O) groups is 2. The van der Waals surface area contributed by atoms with E-state index in [9.17, 15) is 9.59 Å². The van der Waals surface area contributed by atoms with Gasteiger partial charge in [-0.15, -0.1) is 0 Å². The first-order valence-electron chi connectivity index (χ1n) is 6.73. The lowest BCUT2D eigenvalue weighted by Crippen LogP contribution is -2.45. The van der Waals surface area contributed by atoms with Crippen molar-refractivity contribution in [3.05, 3.63) is 0 Å². The van der Waals surface area contributed by atoms with E-state index in [-0.39, 0.29) is 30.3 Å². The summed E-state index contributed by atoms with van der Waals surface area (Å²) in [7, 11) is 1.73. The second kappa shape index (κ2) is 6.73. The quantitative estimate of drug-likeness (QED) is 0.761. The zero-order valence-corrected chi connectivity index (χ0v) is 11.6. The molecule has 0 aromatic carbocycles. The predicted octanol–water partition coefficient (Wildman–Crippen LogP) is 0.344. The van der Waals surface area contributed by atoms with E-state index in [2.05, 4.69) is 12.2 Å². The Hall–Kier alpha value is -1.10. The van der Waals surface area contributed by atoms with Crippen molar-refractivity contribution in [2.45, 2.75) is 39.2 Å². The van der Waals surface area contributed by atoms with Crippen LogP contribution in [0, 0.1) is 11.8 Å². The Balaban J connectivity index is 2.42. The normalized spacial score (nSPS) is 27.7. The highest BCUT2D eigenvalue weighted by atomic mass is 16.2. The smallest absolute Gasteiger partial charge is 0.241 e. The molecule has 0 heterocycles. The van der Waals surface area contributed by atoms with Crippen molar-refractivity contribution in [2.75, 3.05) is 20.1 Å². The molecular weight excluding hydrogens is 230 g/mol. The Labute approximate surface area is 109 Å². The van der Waals surface area contributed by atoms with E-state index in [0.717, 1.165) is 19.3 Å². The molecule has 0 aromatic heterocycles. The van der Waals surface area contributed by atoms with Crippen molar-refractivity contribution in [2.24, 2.45) is 17.6 Å². The lowest BCUT2D eigenvalue weighted by atomic mass is 9.78. The molecule has 0 bridgehead atoms. The lowest BCUT2D eigenvalue weighted by Gasteiger charge is -2.31. The number of amides is 2. The summed E-state index contributed by atoms with van der Waals surface area (Å²) in [5.74, 6) is 0.214. The Bertz CT molecular complexity index is 307. The highest BCUT2D eigenvalue weighted by molar-refractivity contribution is 5.85. The maximum Gasteiger partial charge on any atom is 0.241 e. The van der Waals surface area contributed by atoms with Gasteiger partial charge in [-0.2, -0.15) is 0 Å². The average molecular weight is 255 g/mol. The second-order valence-electron chi connectivity index (χ2n) is 5.28. The zero-order valence-electron chi connectivity index (χ0n) is 11.6. The molecule has 0 radical (unpaired) electrons. The van der Waals surface area contributed by atoms with Crippen molar-refractivity contribution in [3.63, 3.8) is 0 Å². The van der Waals surface area contributed by atoms with E-state index in [1.807, 2.05) is 6.92 Å². The van der Waals surface area contributed by atoms with E-state index in [1.165, 1.54) is 0 Å². The topological polar surface area (TPSA) is 75.4 Å². The summed E-state index contributed by atoms with van der Waals surface area (Å²) in [6.45, 7) is 4.72. The van der Waals surface area contributed by atoms with Gasteiger partial charge in [0.2, 0.25) is 11.8 Å². The number of nitrogens with one attached hydrogen (secondary N) is 1. The van der Waals surface area contributed by atoms with Crippen LogP contribution in [0.3, 0.4) is 0 Å². The molecule has 0 saturated heterocycles. The third kappa shape index (κ3) is 3.98. The summed E-state index contributed by atoms with van der Waals surface area (Å²) < 4.78 is 0. The molecule has 0 aromatic rings. The van der Waals surface area contributed by atoms with Crippen molar-refractivity contribution in [3.8, 4) is 0 Å². The minimum Gasteiger partial charge on any atom is -0.347 e. The van der Waals surface area contributed by atoms with Crippen LogP contribution < -0.4 is 11.1 Å². The molecule has 0 spiro atoms. The van der Waals surface area contributed by atoms with Crippen LogP contribution in [0.25, 0.3) is 0 Å². The van der Waals surface area contributed by atoms with Gasteiger partial charge in [0.15, 0.2) is 0 Å². The van der Waals surface area contributed by atoms with Gasteiger partial charge in [-0.1, -0.05) is 6.92 Å². The summed E-state index contributed by atoms with van der Waals surface area (Å²) in [4.78, 5) is 25.2. The van der Waals surface area contributed by atoms with Crippen molar-refractivity contribution in [1.29, 1.82) is 0 Å². The summed E-state index contributed by atoms with van der Waals surface area (Å²) in [5, 5.41) is 2.73. The molecule has 1 rings (SSSR count). The minimum absolute atomic E-state index is 0.0319. The number of likely N-dealkylation sites (N-methyl/N-ethyl adjacent to an activating group) is 1. The van der Waals surface area contributed by atoms with Gasteiger partial charge in [0, 0.05) is 25.6 Å². The third-order valence-corrected chi connectivity index (χ3v) is 3.89. The molecule has 1 fully saturated rings. The first-order valence-corrected chi connectivity index (χ1v) is 6.73. The van der Waals surface area contributed by atoms with Crippen LogP contribution in [0.2, 0.25) is 0 Å². The molecule has 5 nitrogen and oxygen atoms in total. The minimum atomic E-state index is -0.0568. The van der Waals surface area contributed by atoms with Crippen LogP contribution in [-0.2, 0) is 9.59 Å². The van der Waals surface area contributed by atoms with Gasteiger partial charge in [-0.25, -0.2) is 0 Å². The molecular formula is C13H25N3O2. The summed E-state index contributed by atoms with van der Waals surface area (Å²) in [5.41, 5.74) is 5.90. The van der Waals surface area contributed by atoms with Crippen LogP contribution in [0.1, 0.15) is 33.1 Å². The number of hydrogen-bond donors (Lipinski definition) is 2. The number of nitrogens with two attached hydrogens (primary N) is 1. The van der Waals surface area contributed by atoms with E-state index >= 15 is 0 Å². The fourth-order valence-electron chi connectivity index (χ4n) is 2.33. The Morgan fingerprint density at radius 1 is 1.39 bits per heavy atom. The number of carbonyl (C=O) groups excluding carboxylic acids is 2. The van der Waals surface area contributed by atoms with Crippen LogP contribution in [-0.4, -0.2) is 42.9 Å². The summed E-state index contributed by atoms with van der Waals surface area (Å²) in [6, 6.07) is 0.117. The number of nitrogens with zero attached hydrogens (tertiary/aromatic N) is 1. The zero-order chi connectivity index (χ0) is 13.7. The average Bonchev–Trinajstić information content (AvgIpc) is 2.37. The summed E-state index contributed by atoms with van der Waals surface area (Å²) in [6.07, 6.45) is 2.70. The predicted molar refractivity (Wildman–Crippen MR) is 70.8 cm³/mol. The van der Waals surface area contributed by atoms with Crippen molar-refractivity contribution >= 4 is 11.8 Å². The molecule has 1 aliphatic carbocycles. The van der Waals surface area contributed by atoms with Crippen LogP contribution in [0.4, 0.5) is 0 Å². The van der Waals surface area contributed by atoms with Crippen LogP contribution >= 0.6 is 0 Å². The van der Waals surface area contributed by atoms with E-state index in [1.54, 1.807) is 11.9 Å². The van der Waals surface area contributed by atoms with Gasteiger partial charge in [-0.05, 0) is 32.1 Å². The number of rotatable bonds is 4. The second-order valence-corrected chi connectivity index (χ2v) is 5.28. The van der Waals surface area contributed by atoms with Gasteiger partial charge in [0.25, 0.3) is 0 Å². The molecule has 104 valence electrons. The van der Waals surface area contributed by atoms with E-state index < -0.39 is 0 Å². The molecule has 0 aliphatic heterocycles. The van der Waals surface area contributed by atoms with Gasteiger partial charge in [0.1, 0.15) is 0 Å². The third-order valence-electron chi connectivity index (χ3n) is 3.89. The standard InChI is InChI=1S/C13H25N3O2/c1-4-16(3)12(17)8-15-13(18)11-7-10(14)6-5-9(11)2/h9-11H,4-8,14H2,1-3H3,(H,15,18). The van der Waals surface area contributed by atoms with E-state index in [0.29, 0.717) is 12.5 Å². The monoisotopic (exact) mass is 255 g/mol. The largest absolute Gasteiger partial charge is 0.347 e. The van der Waals surface area contributed by atoms with Gasteiger partial charge in [-0.3, -0.25) is 9.59 Å². The highest BCUT2D eigenvalue weighted by Crippen LogP contribution is 2.28. The maximum absolute atomic E-state index is 12.0. The molecule has 18 heavy (non-hydrogen) atoms. The first kappa shape index (κ1) is 15.0. The van der Waals surface area contributed by atoms with Gasteiger partial charge >= 0.3 is 0 Å².